The molecule has 0 radical (unpaired) electrons. The lowest BCUT2D eigenvalue weighted by Gasteiger charge is -2.08. The summed E-state index contributed by atoms with van der Waals surface area (Å²) in [5, 5.41) is 0.183. The number of benzene rings is 2. The first kappa shape index (κ1) is 13.8. The summed E-state index contributed by atoms with van der Waals surface area (Å²) in [4.78, 5) is 11.0. The van der Waals surface area contributed by atoms with Crippen LogP contribution in [0.1, 0.15) is 10.4 Å². The zero-order chi connectivity index (χ0) is 14.0. The lowest BCUT2D eigenvalue weighted by Crippen LogP contribution is -2.11. The van der Waals surface area contributed by atoms with Gasteiger partial charge in [-0.05, 0) is 40.2 Å². The summed E-state index contributed by atoms with van der Waals surface area (Å²) in [6.07, 6.45) is 0. The highest BCUT2D eigenvalue weighted by atomic mass is 79.9. The van der Waals surface area contributed by atoms with Crippen molar-refractivity contribution in [1.29, 1.82) is 0 Å². The first-order valence-corrected chi connectivity index (χ1v) is 6.37. The van der Waals surface area contributed by atoms with Crippen LogP contribution >= 0.6 is 27.5 Å². The van der Waals surface area contributed by atoms with Crippen molar-refractivity contribution in [1.82, 2.24) is 0 Å². The lowest BCUT2D eigenvalue weighted by molar-refractivity contribution is 0.100. The van der Waals surface area contributed by atoms with E-state index in [1.165, 1.54) is 30.3 Å². The predicted molar refractivity (Wildman–Crippen MR) is 74.1 cm³/mol. The maximum atomic E-state index is 13.3. The fraction of sp³-hybridized carbons (Fsp3) is 0. The van der Waals surface area contributed by atoms with Gasteiger partial charge >= 0.3 is 0 Å². The van der Waals surface area contributed by atoms with Gasteiger partial charge in [0.15, 0.2) is 0 Å². The predicted octanol–water partition coefficient (Wildman–Crippen LogP) is 4.13. The second-order valence-electron chi connectivity index (χ2n) is 3.68. The minimum atomic E-state index is -0.619. The van der Waals surface area contributed by atoms with Crippen molar-refractivity contribution in [2.75, 3.05) is 0 Å². The van der Waals surface area contributed by atoms with Crippen LogP contribution in [0.5, 0.6) is 11.5 Å². The van der Waals surface area contributed by atoms with Crippen molar-refractivity contribution >= 4 is 33.4 Å². The van der Waals surface area contributed by atoms with E-state index in [2.05, 4.69) is 15.9 Å². The Labute approximate surface area is 122 Å². The fourth-order valence-corrected chi connectivity index (χ4v) is 1.95. The van der Waals surface area contributed by atoms with Crippen LogP contribution < -0.4 is 10.5 Å². The van der Waals surface area contributed by atoms with Crippen molar-refractivity contribution in [2.45, 2.75) is 0 Å². The molecule has 0 spiro atoms. The van der Waals surface area contributed by atoms with Crippen molar-refractivity contribution < 1.29 is 13.9 Å². The quantitative estimate of drug-likeness (QED) is 0.910. The van der Waals surface area contributed by atoms with Gasteiger partial charge in [-0.2, -0.15) is 0 Å². The standard InChI is InChI=1S/C13H8BrClFNO2/c14-10-4-2-8(6-12(10)16)19-7-1-3-9(13(17)18)11(15)5-7/h1-6H,(H2,17,18). The monoisotopic (exact) mass is 343 g/mol. The molecule has 0 aromatic heterocycles. The number of halogens is 3. The largest absolute Gasteiger partial charge is 0.457 e. The molecular weight excluding hydrogens is 337 g/mol. The van der Waals surface area contributed by atoms with Crippen molar-refractivity contribution in [2.24, 2.45) is 5.73 Å². The molecule has 0 fully saturated rings. The SMILES string of the molecule is NC(=O)c1ccc(Oc2ccc(Br)c(F)c2)cc1Cl. The Kier molecular flexibility index (Phi) is 4.07. The van der Waals surface area contributed by atoms with Crippen LogP contribution in [-0.2, 0) is 0 Å². The molecule has 0 aliphatic rings. The molecule has 0 aliphatic carbocycles. The minimum absolute atomic E-state index is 0.183. The van der Waals surface area contributed by atoms with Crippen molar-refractivity contribution in [3.63, 3.8) is 0 Å². The van der Waals surface area contributed by atoms with Gasteiger partial charge in [-0.3, -0.25) is 4.79 Å². The second-order valence-corrected chi connectivity index (χ2v) is 4.95. The number of nitrogens with two attached hydrogens (primary N) is 1. The first-order valence-electron chi connectivity index (χ1n) is 5.19. The Hall–Kier alpha value is -1.59. The maximum absolute atomic E-state index is 13.3. The van der Waals surface area contributed by atoms with Gasteiger partial charge in [-0.15, -0.1) is 0 Å². The van der Waals surface area contributed by atoms with E-state index in [4.69, 9.17) is 22.1 Å². The minimum Gasteiger partial charge on any atom is -0.457 e. The number of ether oxygens (including phenoxy) is 1. The molecule has 3 nitrogen and oxygen atoms in total. The summed E-state index contributed by atoms with van der Waals surface area (Å²) < 4.78 is 19.1. The van der Waals surface area contributed by atoms with E-state index < -0.39 is 11.7 Å². The molecule has 2 rings (SSSR count). The van der Waals surface area contributed by atoms with Gasteiger partial charge in [-0.25, -0.2) is 4.39 Å². The topological polar surface area (TPSA) is 52.3 Å². The van der Waals surface area contributed by atoms with Crippen LogP contribution in [0, 0.1) is 5.82 Å². The van der Waals surface area contributed by atoms with Gasteiger partial charge in [0.25, 0.3) is 0 Å². The summed E-state index contributed by atoms with van der Waals surface area (Å²) in [5.74, 6) is -0.344. The fourth-order valence-electron chi connectivity index (χ4n) is 1.44. The Bertz CT molecular complexity index is 649. The van der Waals surface area contributed by atoms with E-state index in [0.29, 0.717) is 16.0 Å². The smallest absolute Gasteiger partial charge is 0.250 e. The van der Waals surface area contributed by atoms with Crippen LogP contribution in [0.4, 0.5) is 4.39 Å². The summed E-state index contributed by atoms with van der Waals surface area (Å²) in [5.41, 5.74) is 5.34. The maximum Gasteiger partial charge on any atom is 0.250 e. The molecule has 1 amide bonds. The molecule has 0 bridgehead atoms. The molecule has 6 heteroatoms. The molecule has 0 unspecified atom stereocenters. The van der Waals surface area contributed by atoms with Crippen LogP contribution in [0.3, 0.4) is 0 Å². The zero-order valence-electron chi connectivity index (χ0n) is 9.49. The molecule has 19 heavy (non-hydrogen) atoms. The van der Waals surface area contributed by atoms with Crippen LogP contribution in [0.2, 0.25) is 5.02 Å². The molecule has 0 aliphatic heterocycles. The Morgan fingerprint density at radius 3 is 2.42 bits per heavy atom. The summed E-state index contributed by atoms with van der Waals surface area (Å²) >= 11 is 8.93. The highest BCUT2D eigenvalue weighted by Crippen LogP contribution is 2.28. The molecule has 2 aromatic carbocycles. The van der Waals surface area contributed by atoms with Gasteiger partial charge in [0.2, 0.25) is 5.91 Å². The highest BCUT2D eigenvalue weighted by molar-refractivity contribution is 9.10. The Balaban J connectivity index is 2.26. The number of carbonyl (C=O) groups excluding carboxylic acids is 1. The summed E-state index contributed by atoms with van der Waals surface area (Å²) in [6.45, 7) is 0. The second kappa shape index (κ2) is 5.59. The van der Waals surface area contributed by atoms with Crippen molar-refractivity contribution in [3.05, 3.63) is 57.3 Å². The molecule has 2 aromatic rings. The third-order valence-electron chi connectivity index (χ3n) is 2.33. The highest BCUT2D eigenvalue weighted by Gasteiger charge is 2.09. The third kappa shape index (κ3) is 3.24. The van der Waals surface area contributed by atoms with Crippen LogP contribution in [0.25, 0.3) is 0 Å². The molecule has 0 atom stereocenters. The van der Waals surface area contributed by atoms with E-state index >= 15 is 0 Å². The Morgan fingerprint density at radius 1 is 1.21 bits per heavy atom. The first-order chi connectivity index (χ1) is 8.97. The number of hydrogen-bond acceptors (Lipinski definition) is 2. The van der Waals surface area contributed by atoms with E-state index in [0.717, 1.165) is 0 Å². The summed E-state index contributed by atoms with van der Waals surface area (Å²) in [6, 6.07) is 8.80. The van der Waals surface area contributed by atoms with Gasteiger partial charge in [0.05, 0.1) is 15.1 Å². The van der Waals surface area contributed by atoms with E-state index in [1.807, 2.05) is 0 Å². The van der Waals surface area contributed by atoms with E-state index in [9.17, 15) is 9.18 Å². The van der Waals surface area contributed by atoms with Gasteiger partial charge in [0, 0.05) is 12.1 Å². The molecule has 0 heterocycles. The average Bonchev–Trinajstić information content (AvgIpc) is 2.33. The third-order valence-corrected chi connectivity index (χ3v) is 3.29. The summed E-state index contributed by atoms with van der Waals surface area (Å²) in [7, 11) is 0. The number of primary amides is 1. The number of carbonyl (C=O) groups is 1. The Morgan fingerprint density at radius 2 is 1.84 bits per heavy atom. The average molecular weight is 345 g/mol. The molecule has 0 saturated heterocycles. The molecule has 98 valence electrons. The van der Waals surface area contributed by atoms with Gasteiger partial charge in [0.1, 0.15) is 17.3 Å². The number of hydrogen-bond donors (Lipinski definition) is 1. The van der Waals surface area contributed by atoms with Gasteiger partial charge < -0.3 is 10.5 Å². The normalized spacial score (nSPS) is 10.3. The van der Waals surface area contributed by atoms with Crippen molar-refractivity contribution in [3.8, 4) is 11.5 Å². The zero-order valence-corrected chi connectivity index (χ0v) is 11.8. The number of amides is 1. The van der Waals surface area contributed by atoms with Gasteiger partial charge in [-0.1, -0.05) is 11.6 Å². The molecule has 0 saturated carbocycles. The van der Waals surface area contributed by atoms with E-state index in [1.54, 1.807) is 6.07 Å². The molecular formula is C13H8BrClFNO2. The lowest BCUT2D eigenvalue weighted by atomic mass is 10.2. The van der Waals surface area contributed by atoms with E-state index in [-0.39, 0.29) is 10.6 Å². The number of rotatable bonds is 3. The molecule has 2 N–H and O–H groups in total. The van der Waals surface area contributed by atoms with Crippen LogP contribution in [0.15, 0.2) is 40.9 Å². The van der Waals surface area contributed by atoms with Crippen LogP contribution in [-0.4, -0.2) is 5.91 Å².